The topological polar surface area (TPSA) is 65.4 Å². The molecule has 0 saturated heterocycles. The number of aromatic nitrogens is 2. The van der Waals surface area contributed by atoms with Crippen LogP contribution in [0.1, 0.15) is 21.6 Å². The van der Waals surface area contributed by atoms with Crippen LogP contribution in [0, 0.1) is 0 Å². The first-order chi connectivity index (χ1) is 15.6. The van der Waals surface area contributed by atoms with Crippen molar-refractivity contribution in [3.63, 3.8) is 0 Å². The third-order valence-electron chi connectivity index (χ3n) is 5.10. The lowest BCUT2D eigenvalue weighted by atomic mass is 10.1. The first-order valence-corrected chi connectivity index (χ1v) is 10.3. The van der Waals surface area contributed by atoms with E-state index in [4.69, 9.17) is 9.47 Å². The van der Waals surface area contributed by atoms with Gasteiger partial charge in [-0.3, -0.25) is 9.48 Å². The molecule has 6 heteroatoms. The first kappa shape index (κ1) is 21.2. The molecule has 0 aliphatic carbocycles. The van der Waals surface area contributed by atoms with Crippen molar-refractivity contribution >= 4 is 5.91 Å². The Morgan fingerprint density at radius 1 is 0.906 bits per heavy atom. The highest BCUT2D eigenvalue weighted by Crippen LogP contribution is 2.23. The van der Waals surface area contributed by atoms with Crippen molar-refractivity contribution < 1.29 is 14.3 Å². The fourth-order valence-electron chi connectivity index (χ4n) is 3.32. The second-order valence-electron chi connectivity index (χ2n) is 7.37. The largest absolute Gasteiger partial charge is 0.497 e. The molecule has 0 aliphatic rings. The maximum atomic E-state index is 12.7. The molecule has 0 spiro atoms. The quantitative estimate of drug-likeness (QED) is 0.446. The van der Waals surface area contributed by atoms with Gasteiger partial charge in [-0.2, -0.15) is 5.10 Å². The molecule has 1 heterocycles. The Balaban J connectivity index is 1.35. The number of carbonyl (C=O) groups is 1. The minimum absolute atomic E-state index is 0.182. The van der Waals surface area contributed by atoms with E-state index in [0.29, 0.717) is 18.8 Å². The second-order valence-corrected chi connectivity index (χ2v) is 7.37. The summed E-state index contributed by atoms with van der Waals surface area (Å²) in [6.07, 6.45) is 0. The zero-order chi connectivity index (χ0) is 22.3. The Bertz CT molecular complexity index is 1180. The number of rotatable bonds is 8. The van der Waals surface area contributed by atoms with Crippen molar-refractivity contribution in [2.75, 3.05) is 7.11 Å². The molecule has 0 unspecified atom stereocenters. The smallest absolute Gasteiger partial charge is 0.269 e. The summed E-state index contributed by atoms with van der Waals surface area (Å²) >= 11 is 0. The van der Waals surface area contributed by atoms with Crippen LogP contribution in [-0.4, -0.2) is 22.8 Å². The molecule has 1 amide bonds. The van der Waals surface area contributed by atoms with E-state index < -0.39 is 0 Å². The molecule has 1 N–H and O–H groups in total. The molecule has 1 aromatic heterocycles. The molecular weight excluding hydrogens is 402 g/mol. The molecule has 0 bridgehead atoms. The Morgan fingerprint density at radius 3 is 2.44 bits per heavy atom. The molecule has 32 heavy (non-hydrogen) atoms. The summed E-state index contributed by atoms with van der Waals surface area (Å²) in [5, 5.41) is 7.43. The molecule has 3 aromatic carbocycles. The maximum Gasteiger partial charge on any atom is 0.269 e. The van der Waals surface area contributed by atoms with Gasteiger partial charge in [-0.15, -0.1) is 0 Å². The standard InChI is InChI=1S/C26H25N3O3/c1-29-25(16-24(28-29)21-9-6-10-23(15-21)31-2)26(30)27-17-19-11-13-22(14-12-19)32-18-20-7-4-3-5-8-20/h3-16H,17-18H2,1-2H3,(H,27,30). The number of methoxy groups -OCH3 is 1. The van der Waals surface area contributed by atoms with Crippen LogP contribution in [-0.2, 0) is 20.2 Å². The lowest BCUT2D eigenvalue weighted by Crippen LogP contribution is -2.25. The van der Waals surface area contributed by atoms with Crippen molar-refractivity contribution in [3.05, 3.63) is 102 Å². The Morgan fingerprint density at radius 2 is 1.69 bits per heavy atom. The van der Waals surface area contributed by atoms with Gasteiger partial charge in [0, 0.05) is 19.2 Å². The molecule has 4 aromatic rings. The average molecular weight is 428 g/mol. The van der Waals surface area contributed by atoms with Gasteiger partial charge in [0.2, 0.25) is 0 Å². The van der Waals surface area contributed by atoms with E-state index in [1.54, 1.807) is 24.9 Å². The number of nitrogens with zero attached hydrogens (tertiary/aromatic N) is 2. The van der Waals surface area contributed by atoms with Crippen molar-refractivity contribution in [2.45, 2.75) is 13.2 Å². The normalized spacial score (nSPS) is 10.6. The van der Waals surface area contributed by atoms with Gasteiger partial charge in [0.05, 0.1) is 12.8 Å². The number of amides is 1. The average Bonchev–Trinajstić information content (AvgIpc) is 3.24. The van der Waals surface area contributed by atoms with Gasteiger partial charge in [-0.25, -0.2) is 0 Å². The van der Waals surface area contributed by atoms with E-state index in [9.17, 15) is 4.79 Å². The van der Waals surface area contributed by atoms with Crippen LogP contribution >= 0.6 is 0 Å². The van der Waals surface area contributed by atoms with Crippen molar-refractivity contribution in [2.24, 2.45) is 7.05 Å². The van der Waals surface area contributed by atoms with Crippen LogP contribution in [0.4, 0.5) is 0 Å². The second kappa shape index (κ2) is 9.83. The van der Waals surface area contributed by atoms with E-state index in [-0.39, 0.29) is 5.91 Å². The van der Waals surface area contributed by atoms with Crippen LogP contribution < -0.4 is 14.8 Å². The molecule has 0 radical (unpaired) electrons. The van der Waals surface area contributed by atoms with Gasteiger partial charge in [0.25, 0.3) is 5.91 Å². The molecule has 0 aliphatic heterocycles. The highest BCUT2D eigenvalue weighted by molar-refractivity contribution is 5.93. The van der Waals surface area contributed by atoms with E-state index in [1.807, 2.05) is 78.9 Å². The van der Waals surface area contributed by atoms with Gasteiger partial charge in [-0.05, 0) is 41.5 Å². The summed E-state index contributed by atoms with van der Waals surface area (Å²) in [5.74, 6) is 1.35. The van der Waals surface area contributed by atoms with E-state index >= 15 is 0 Å². The van der Waals surface area contributed by atoms with Gasteiger partial charge in [-0.1, -0.05) is 54.6 Å². The van der Waals surface area contributed by atoms with Crippen molar-refractivity contribution in [1.29, 1.82) is 0 Å². The summed E-state index contributed by atoms with van der Waals surface area (Å²) < 4.78 is 12.7. The number of carbonyl (C=O) groups excluding carboxylic acids is 1. The number of hydrogen-bond donors (Lipinski definition) is 1. The predicted octanol–water partition coefficient (Wildman–Crippen LogP) is 4.60. The van der Waals surface area contributed by atoms with Crippen LogP contribution in [0.15, 0.2) is 84.9 Å². The highest BCUT2D eigenvalue weighted by Gasteiger charge is 2.14. The zero-order valence-electron chi connectivity index (χ0n) is 18.1. The maximum absolute atomic E-state index is 12.7. The number of nitrogens with one attached hydrogen (secondary N) is 1. The monoisotopic (exact) mass is 427 g/mol. The van der Waals surface area contributed by atoms with Crippen LogP contribution in [0.3, 0.4) is 0 Å². The summed E-state index contributed by atoms with van der Waals surface area (Å²) in [7, 11) is 3.38. The van der Waals surface area contributed by atoms with Crippen LogP contribution in [0.2, 0.25) is 0 Å². The van der Waals surface area contributed by atoms with Gasteiger partial charge < -0.3 is 14.8 Å². The number of hydrogen-bond acceptors (Lipinski definition) is 4. The zero-order valence-corrected chi connectivity index (χ0v) is 18.1. The number of ether oxygens (including phenoxy) is 2. The predicted molar refractivity (Wildman–Crippen MR) is 124 cm³/mol. The van der Waals surface area contributed by atoms with Gasteiger partial charge >= 0.3 is 0 Å². The first-order valence-electron chi connectivity index (χ1n) is 10.3. The SMILES string of the molecule is COc1cccc(-c2cc(C(=O)NCc3ccc(OCc4ccccc4)cc3)n(C)n2)c1. The third-order valence-corrected chi connectivity index (χ3v) is 5.10. The molecule has 162 valence electrons. The van der Waals surface area contributed by atoms with Crippen molar-refractivity contribution in [3.8, 4) is 22.8 Å². The third kappa shape index (κ3) is 5.16. The molecule has 0 fully saturated rings. The molecular formula is C26H25N3O3. The Labute approximate surface area is 187 Å². The minimum Gasteiger partial charge on any atom is -0.497 e. The number of benzene rings is 3. The van der Waals surface area contributed by atoms with E-state index in [1.165, 1.54) is 0 Å². The summed E-state index contributed by atoms with van der Waals surface area (Å²) in [6.45, 7) is 0.935. The Kier molecular flexibility index (Phi) is 6.51. The van der Waals surface area contributed by atoms with Gasteiger partial charge in [0.1, 0.15) is 23.8 Å². The van der Waals surface area contributed by atoms with Crippen molar-refractivity contribution in [1.82, 2.24) is 15.1 Å². The summed E-state index contributed by atoms with van der Waals surface area (Å²) in [6, 6.07) is 27.1. The van der Waals surface area contributed by atoms with Crippen LogP contribution in [0.5, 0.6) is 11.5 Å². The van der Waals surface area contributed by atoms with E-state index in [0.717, 1.165) is 33.9 Å². The molecule has 4 rings (SSSR count). The Hall–Kier alpha value is -4.06. The van der Waals surface area contributed by atoms with Crippen LogP contribution in [0.25, 0.3) is 11.3 Å². The molecule has 6 nitrogen and oxygen atoms in total. The number of aryl methyl sites for hydroxylation is 1. The lowest BCUT2D eigenvalue weighted by Gasteiger charge is -2.08. The summed E-state index contributed by atoms with van der Waals surface area (Å²) in [4.78, 5) is 12.7. The van der Waals surface area contributed by atoms with Gasteiger partial charge in [0.15, 0.2) is 0 Å². The highest BCUT2D eigenvalue weighted by atomic mass is 16.5. The van der Waals surface area contributed by atoms with E-state index in [2.05, 4.69) is 10.4 Å². The molecule has 0 saturated carbocycles. The molecule has 0 atom stereocenters. The minimum atomic E-state index is -0.182. The fraction of sp³-hybridized carbons (Fsp3) is 0.154. The fourth-order valence-corrected chi connectivity index (χ4v) is 3.32. The lowest BCUT2D eigenvalue weighted by molar-refractivity contribution is 0.0941. The summed E-state index contributed by atoms with van der Waals surface area (Å²) in [5.41, 5.74) is 4.21.